The van der Waals surface area contributed by atoms with Gasteiger partial charge in [0, 0.05) is 12.2 Å². The van der Waals surface area contributed by atoms with E-state index in [1.54, 1.807) is 12.1 Å². The molecular weight excluding hydrogens is 383 g/mol. The number of hydrogen-bond donors (Lipinski definition) is 2. The topological polar surface area (TPSA) is 131 Å². The molecule has 1 saturated heterocycles. The maximum atomic E-state index is 13.3. The molecule has 1 aliphatic rings. The molecular formula is C17H19FN8OS. The van der Waals surface area contributed by atoms with Crippen molar-refractivity contribution in [3.8, 4) is 11.4 Å². The van der Waals surface area contributed by atoms with E-state index in [-0.39, 0.29) is 23.8 Å². The van der Waals surface area contributed by atoms with Crippen LogP contribution in [0.1, 0.15) is 18.7 Å². The number of nitrogen functional groups attached to an aromatic ring is 2. The fourth-order valence-corrected chi connectivity index (χ4v) is 3.82. The lowest BCUT2D eigenvalue weighted by Gasteiger charge is -2.14. The van der Waals surface area contributed by atoms with Gasteiger partial charge in [-0.25, -0.2) is 4.39 Å². The summed E-state index contributed by atoms with van der Waals surface area (Å²) in [6.07, 6.45) is 2.11. The summed E-state index contributed by atoms with van der Waals surface area (Å²) >= 11 is 1.42. The van der Waals surface area contributed by atoms with Crippen molar-refractivity contribution < 1.29 is 9.13 Å². The Balaban J connectivity index is 1.61. The van der Waals surface area contributed by atoms with Crippen molar-refractivity contribution in [3.05, 3.63) is 35.9 Å². The molecule has 28 heavy (non-hydrogen) atoms. The van der Waals surface area contributed by atoms with Crippen LogP contribution in [0.25, 0.3) is 11.4 Å². The van der Waals surface area contributed by atoms with E-state index < -0.39 is 0 Å². The van der Waals surface area contributed by atoms with Gasteiger partial charge in [0.25, 0.3) is 0 Å². The molecule has 9 nitrogen and oxygen atoms in total. The van der Waals surface area contributed by atoms with E-state index in [4.69, 9.17) is 16.2 Å². The van der Waals surface area contributed by atoms with E-state index in [2.05, 4.69) is 25.1 Å². The van der Waals surface area contributed by atoms with Gasteiger partial charge >= 0.3 is 0 Å². The predicted molar refractivity (Wildman–Crippen MR) is 103 cm³/mol. The van der Waals surface area contributed by atoms with Crippen LogP contribution in [0.4, 0.5) is 16.3 Å². The predicted octanol–water partition coefficient (Wildman–Crippen LogP) is 1.90. The third-order valence-corrected chi connectivity index (χ3v) is 5.24. The zero-order valence-corrected chi connectivity index (χ0v) is 15.8. The minimum atomic E-state index is -0.298. The first-order valence-corrected chi connectivity index (χ1v) is 9.76. The van der Waals surface area contributed by atoms with Gasteiger partial charge in [0.2, 0.25) is 11.9 Å². The highest BCUT2D eigenvalue weighted by molar-refractivity contribution is 7.98. The summed E-state index contributed by atoms with van der Waals surface area (Å²) in [5.74, 6) is 1.39. The molecule has 4 rings (SSSR count). The number of hydrogen-bond acceptors (Lipinski definition) is 9. The van der Waals surface area contributed by atoms with Gasteiger partial charge in [0.05, 0.1) is 18.4 Å². The standard InChI is InChI=1S/C17H19FN8OS/c18-11-5-3-10(4-6-11)14-24-25-17(26(14)8-12-2-1-7-27-12)28-9-13-21-15(19)23-16(20)22-13/h3-6,12H,1-2,7-9H2,(H4,19,20,21,22,23). The Bertz CT molecular complexity index is 938. The van der Waals surface area contributed by atoms with Gasteiger partial charge < -0.3 is 16.2 Å². The van der Waals surface area contributed by atoms with Crippen LogP contribution in [0.5, 0.6) is 0 Å². The third kappa shape index (κ3) is 4.20. The molecule has 1 aliphatic heterocycles. The van der Waals surface area contributed by atoms with Crippen LogP contribution >= 0.6 is 11.8 Å². The second-order valence-electron chi connectivity index (χ2n) is 6.32. The van der Waals surface area contributed by atoms with Crippen molar-refractivity contribution >= 4 is 23.7 Å². The zero-order valence-electron chi connectivity index (χ0n) is 15.0. The normalized spacial score (nSPS) is 16.5. The van der Waals surface area contributed by atoms with Crippen LogP contribution in [0.2, 0.25) is 0 Å². The first kappa shape index (κ1) is 18.6. The van der Waals surface area contributed by atoms with Crippen molar-refractivity contribution in [3.63, 3.8) is 0 Å². The smallest absolute Gasteiger partial charge is 0.225 e. The fourth-order valence-electron chi connectivity index (χ4n) is 3.02. The SMILES string of the molecule is Nc1nc(N)nc(CSc2nnc(-c3ccc(F)cc3)n2CC2CCCO2)n1. The van der Waals surface area contributed by atoms with E-state index in [9.17, 15) is 4.39 Å². The molecule has 0 aliphatic carbocycles. The number of benzene rings is 1. The summed E-state index contributed by atoms with van der Waals surface area (Å²) in [5.41, 5.74) is 12.0. The summed E-state index contributed by atoms with van der Waals surface area (Å²) in [4.78, 5) is 11.9. The van der Waals surface area contributed by atoms with Gasteiger partial charge in [-0.05, 0) is 37.1 Å². The van der Waals surface area contributed by atoms with Crippen molar-refractivity contribution in [1.29, 1.82) is 0 Å². The number of anilines is 2. The Kier molecular flexibility index (Phi) is 5.35. The maximum absolute atomic E-state index is 13.3. The van der Waals surface area contributed by atoms with E-state index in [1.165, 1.54) is 23.9 Å². The molecule has 0 amide bonds. The van der Waals surface area contributed by atoms with Gasteiger partial charge in [-0.1, -0.05) is 11.8 Å². The molecule has 146 valence electrons. The molecule has 1 aromatic carbocycles. The fraction of sp³-hybridized carbons (Fsp3) is 0.353. The lowest BCUT2D eigenvalue weighted by Crippen LogP contribution is -2.16. The Morgan fingerprint density at radius 2 is 1.86 bits per heavy atom. The highest BCUT2D eigenvalue weighted by Crippen LogP contribution is 2.28. The molecule has 2 aromatic heterocycles. The summed E-state index contributed by atoms with van der Waals surface area (Å²) in [6, 6.07) is 6.19. The van der Waals surface area contributed by atoms with Gasteiger partial charge in [0.1, 0.15) is 11.6 Å². The summed E-state index contributed by atoms with van der Waals surface area (Å²) < 4.78 is 21.1. The quantitative estimate of drug-likeness (QED) is 0.593. The van der Waals surface area contributed by atoms with E-state index >= 15 is 0 Å². The number of rotatable bonds is 6. The van der Waals surface area contributed by atoms with E-state index in [0.717, 1.165) is 25.0 Å². The maximum Gasteiger partial charge on any atom is 0.225 e. The molecule has 1 atom stereocenters. The Morgan fingerprint density at radius 1 is 1.11 bits per heavy atom. The van der Waals surface area contributed by atoms with Gasteiger partial charge in [-0.2, -0.15) is 15.0 Å². The molecule has 0 spiro atoms. The van der Waals surface area contributed by atoms with Gasteiger partial charge in [-0.3, -0.25) is 4.57 Å². The molecule has 11 heteroatoms. The molecule has 1 fully saturated rings. The second kappa shape index (κ2) is 8.07. The first-order valence-electron chi connectivity index (χ1n) is 8.78. The number of nitrogens with two attached hydrogens (primary N) is 2. The molecule has 4 N–H and O–H groups in total. The summed E-state index contributed by atoms with van der Waals surface area (Å²) in [6.45, 7) is 1.37. The number of nitrogens with zero attached hydrogens (tertiary/aromatic N) is 6. The molecule has 3 heterocycles. The average molecular weight is 402 g/mol. The minimum absolute atomic E-state index is 0.0796. The summed E-state index contributed by atoms with van der Waals surface area (Å²) in [7, 11) is 0. The highest BCUT2D eigenvalue weighted by atomic mass is 32.2. The molecule has 0 bridgehead atoms. The van der Waals surface area contributed by atoms with Crippen LogP contribution < -0.4 is 11.5 Å². The molecule has 3 aromatic rings. The van der Waals surface area contributed by atoms with Crippen molar-refractivity contribution in [2.24, 2.45) is 0 Å². The number of ether oxygens (including phenoxy) is 1. The largest absolute Gasteiger partial charge is 0.376 e. The molecule has 0 radical (unpaired) electrons. The highest BCUT2D eigenvalue weighted by Gasteiger charge is 2.22. The second-order valence-corrected chi connectivity index (χ2v) is 7.26. The first-order chi connectivity index (χ1) is 13.6. The average Bonchev–Trinajstić information content (AvgIpc) is 3.31. The van der Waals surface area contributed by atoms with Crippen LogP contribution in [0.15, 0.2) is 29.4 Å². The monoisotopic (exact) mass is 402 g/mol. The van der Waals surface area contributed by atoms with Crippen molar-refractivity contribution in [2.75, 3.05) is 18.1 Å². The van der Waals surface area contributed by atoms with Crippen LogP contribution in [-0.2, 0) is 17.0 Å². The minimum Gasteiger partial charge on any atom is -0.376 e. The summed E-state index contributed by atoms with van der Waals surface area (Å²) in [5, 5.41) is 9.31. The molecule has 1 unspecified atom stereocenters. The number of halogens is 1. The van der Waals surface area contributed by atoms with Crippen LogP contribution in [-0.4, -0.2) is 42.4 Å². The number of thioether (sulfide) groups is 1. The van der Waals surface area contributed by atoms with Crippen LogP contribution in [0, 0.1) is 5.82 Å². The van der Waals surface area contributed by atoms with Crippen molar-refractivity contribution in [2.45, 2.75) is 36.4 Å². The Hall–Kier alpha value is -2.79. The zero-order chi connectivity index (χ0) is 19.5. The third-order valence-electron chi connectivity index (χ3n) is 4.28. The van der Waals surface area contributed by atoms with E-state index in [0.29, 0.717) is 29.1 Å². The lowest BCUT2D eigenvalue weighted by molar-refractivity contribution is 0.0953. The molecule has 0 saturated carbocycles. The Morgan fingerprint density at radius 3 is 2.54 bits per heavy atom. The lowest BCUT2D eigenvalue weighted by atomic mass is 10.2. The number of aromatic nitrogens is 6. The van der Waals surface area contributed by atoms with Crippen molar-refractivity contribution in [1.82, 2.24) is 29.7 Å². The van der Waals surface area contributed by atoms with E-state index in [1.807, 2.05) is 4.57 Å². The Labute approximate surface area is 164 Å². The van der Waals surface area contributed by atoms with Crippen LogP contribution in [0.3, 0.4) is 0 Å². The van der Waals surface area contributed by atoms with Gasteiger partial charge in [0.15, 0.2) is 11.0 Å². The van der Waals surface area contributed by atoms with Gasteiger partial charge in [-0.15, -0.1) is 10.2 Å².